The van der Waals surface area contributed by atoms with Gasteiger partial charge >= 0.3 is 0 Å². The SMILES string of the molecule is C=CCCNc1nccc2cc(OC)ccc12. The van der Waals surface area contributed by atoms with Crippen LogP contribution in [0.2, 0.25) is 0 Å². The molecule has 0 atom stereocenters. The van der Waals surface area contributed by atoms with Crippen LogP contribution in [-0.2, 0) is 0 Å². The van der Waals surface area contributed by atoms with Gasteiger partial charge in [-0.05, 0) is 36.1 Å². The maximum absolute atomic E-state index is 5.21. The fourth-order valence-electron chi connectivity index (χ4n) is 1.72. The Hall–Kier alpha value is -2.03. The van der Waals surface area contributed by atoms with E-state index in [0.29, 0.717) is 0 Å². The Kier molecular flexibility index (Phi) is 3.60. The Bertz CT molecular complexity index is 523. The normalized spacial score (nSPS) is 10.2. The van der Waals surface area contributed by atoms with E-state index in [0.717, 1.165) is 35.3 Å². The number of aromatic nitrogens is 1. The van der Waals surface area contributed by atoms with Crippen molar-refractivity contribution >= 4 is 16.6 Å². The first-order valence-corrected chi connectivity index (χ1v) is 5.62. The van der Waals surface area contributed by atoms with Gasteiger partial charge in [0.25, 0.3) is 0 Å². The van der Waals surface area contributed by atoms with Crippen molar-refractivity contribution in [3.05, 3.63) is 43.1 Å². The van der Waals surface area contributed by atoms with Crippen LogP contribution in [0.3, 0.4) is 0 Å². The number of nitrogens with one attached hydrogen (secondary N) is 1. The second-order valence-electron chi connectivity index (χ2n) is 3.75. The fourth-order valence-corrected chi connectivity index (χ4v) is 1.72. The molecule has 0 fully saturated rings. The molecular formula is C14H16N2O. The van der Waals surface area contributed by atoms with Crippen molar-refractivity contribution in [2.75, 3.05) is 19.0 Å². The third kappa shape index (κ3) is 2.56. The Morgan fingerprint density at radius 3 is 3.06 bits per heavy atom. The first kappa shape index (κ1) is 11.5. The molecule has 0 spiro atoms. The zero-order valence-corrected chi connectivity index (χ0v) is 9.94. The number of anilines is 1. The van der Waals surface area contributed by atoms with Crippen LogP contribution in [0, 0.1) is 0 Å². The molecule has 1 heterocycles. The summed E-state index contributed by atoms with van der Waals surface area (Å²) < 4.78 is 5.21. The summed E-state index contributed by atoms with van der Waals surface area (Å²) in [5.74, 6) is 1.77. The minimum atomic E-state index is 0.849. The smallest absolute Gasteiger partial charge is 0.133 e. The van der Waals surface area contributed by atoms with Crippen molar-refractivity contribution in [3.63, 3.8) is 0 Å². The van der Waals surface area contributed by atoms with Crippen LogP contribution in [-0.4, -0.2) is 18.6 Å². The molecule has 0 bridgehead atoms. The Balaban J connectivity index is 2.33. The Morgan fingerprint density at radius 1 is 1.41 bits per heavy atom. The molecule has 0 saturated carbocycles. The average Bonchev–Trinajstić information content (AvgIpc) is 2.38. The molecule has 0 aliphatic rings. The highest BCUT2D eigenvalue weighted by atomic mass is 16.5. The maximum atomic E-state index is 5.21. The van der Waals surface area contributed by atoms with E-state index < -0.39 is 0 Å². The molecule has 3 nitrogen and oxygen atoms in total. The highest BCUT2D eigenvalue weighted by molar-refractivity contribution is 5.92. The Morgan fingerprint density at radius 2 is 2.29 bits per heavy atom. The number of benzene rings is 1. The van der Waals surface area contributed by atoms with Gasteiger partial charge in [-0.3, -0.25) is 0 Å². The van der Waals surface area contributed by atoms with Crippen molar-refractivity contribution in [3.8, 4) is 5.75 Å². The van der Waals surface area contributed by atoms with Crippen molar-refractivity contribution in [2.24, 2.45) is 0 Å². The summed E-state index contributed by atoms with van der Waals surface area (Å²) in [6.45, 7) is 4.55. The molecule has 1 N–H and O–H groups in total. The highest BCUT2D eigenvalue weighted by Gasteiger charge is 2.02. The zero-order chi connectivity index (χ0) is 12.1. The first-order valence-electron chi connectivity index (χ1n) is 5.62. The van der Waals surface area contributed by atoms with Crippen molar-refractivity contribution in [2.45, 2.75) is 6.42 Å². The quantitative estimate of drug-likeness (QED) is 0.630. The summed E-state index contributed by atoms with van der Waals surface area (Å²) >= 11 is 0. The monoisotopic (exact) mass is 228 g/mol. The van der Waals surface area contributed by atoms with E-state index in [1.807, 2.05) is 30.3 Å². The van der Waals surface area contributed by atoms with Crippen molar-refractivity contribution in [1.82, 2.24) is 4.98 Å². The number of pyridine rings is 1. The predicted octanol–water partition coefficient (Wildman–Crippen LogP) is 3.23. The van der Waals surface area contributed by atoms with E-state index in [9.17, 15) is 0 Å². The van der Waals surface area contributed by atoms with Gasteiger partial charge < -0.3 is 10.1 Å². The summed E-state index contributed by atoms with van der Waals surface area (Å²) in [6, 6.07) is 7.96. The number of hydrogen-bond acceptors (Lipinski definition) is 3. The van der Waals surface area contributed by atoms with E-state index in [-0.39, 0.29) is 0 Å². The molecule has 17 heavy (non-hydrogen) atoms. The second kappa shape index (κ2) is 5.34. The molecular weight excluding hydrogens is 212 g/mol. The summed E-state index contributed by atoms with van der Waals surface area (Å²) in [6.07, 6.45) is 4.62. The third-order valence-corrected chi connectivity index (χ3v) is 2.61. The lowest BCUT2D eigenvalue weighted by atomic mass is 10.1. The topological polar surface area (TPSA) is 34.2 Å². The minimum Gasteiger partial charge on any atom is -0.497 e. The summed E-state index contributed by atoms with van der Waals surface area (Å²) in [5.41, 5.74) is 0. The summed E-state index contributed by atoms with van der Waals surface area (Å²) in [4.78, 5) is 4.35. The van der Waals surface area contributed by atoms with Crippen LogP contribution in [0.25, 0.3) is 10.8 Å². The van der Waals surface area contributed by atoms with Gasteiger partial charge in [-0.15, -0.1) is 6.58 Å². The molecule has 0 aliphatic heterocycles. The van der Waals surface area contributed by atoms with Crippen molar-refractivity contribution in [1.29, 1.82) is 0 Å². The largest absolute Gasteiger partial charge is 0.497 e. The van der Waals surface area contributed by atoms with Gasteiger partial charge in [-0.1, -0.05) is 6.08 Å². The van der Waals surface area contributed by atoms with Gasteiger partial charge in [0.05, 0.1) is 7.11 Å². The van der Waals surface area contributed by atoms with Crippen LogP contribution in [0.1, 0.15) is 6.42 Å². The molecule has 0 saturated heterocycles. The van der Waals surface area contributed by atoms with Crippen LogP contribution in [0.4, 0.5) is 5.82 Å². The number of hydrogen-bond donors (Lipinski definition) is 1. The van der Waals surface area contributed by atoms with E-state index in [1.54, 1.807) is 13.3 Å². The van der Waals surface area contributed by atoms with Gasteiger partial charge in [0, 0.05) is 18.1 Å². The summed E-state index contributed by atoms with van der Waals surface area (Å²) in [7, 11) is 1.67. The van der Waals surface area contributed by atoms with Crippen molar-refractivity contribution < 1.29 is 4.74 Å². The molecule has 2 aromatic rings. The number of methoxy groups -OCH3 is 1. The molecule has 88 valence electrons. The first-order chi connectivity index (χ1) is 8.35. The summed E-state index contributed by atoms with van der Waals surface area (Å²) in [5, 5.41) is 5.54. The lowest BCUT2D eigenvalue weighted by molar-refractivity contribution is 0.415. The van der Waals surface area contributed by atoms with Gasteiger partial charge in [-0.25, -0.2) is 4.98 Å². The maximum Gasteiger partial charge on any atom is 0.133 e. The van der Waals surface area contributed by atoms with E-state index >= 15 is 0 Å². The van der Waals surface area contributed by atoms with Crippen LogP contribution in [0.5, 0.6) is 5.75 Å². The number of rotatable bonds is 5. The standard InChI is InChI=1S/C14H16N2O/c1-3-4-8-15-14-13-6-5-12(17-2)10-11(13)7-9-16-14/h3,5-7,9-10H,1,4,8H2,2H3,(H,15,16). The lowest BCUT2D eigenvalue weighted by Crippen LogP contribution is -2.02. The molecule has 0 aliphatic carbocycles. The van der Waals surface area contributed by atoms with E-state index in [4.69, 9.17) is 4.74 Å². The predicted molar refractivity (Wildman–Crippen MR) is 71.6 cm³/mol. The van der Waals surface area contributed by atoms with E-state index in [1.165, 1.54) is 0 Å². The molecule has 2 rings (SSSR count). The minimum absolute atomic E-state index is 0.849. The number of ether oxygens (including phenoxy) is 1. The molecule has 3 heteroatoms. The van der Waals surface area contributed by atoms with Gasteiger partial charge in [-0.2, -0.15) is 0 Å². The third-order valence-electron chi connectivity index (χ3n) is 2.61. The number of fused-ring (bicyclic) bond motifs is 1. The fraction of sp³-hybridized carbons (Fsp3) is 0.214. The molecule has 0 amide bonds. The average molecular weight is 228 g/mol. The van der Waals surface area contributed by atoms with Crippen LogP contribution >= 0.6 is 0 Å². The molecule has 1 aromatic carbocycles. The Labute approximate surface area is 101 Å². The number of nitrogens with zero attached hydrogens (tertiary/aromatic N) is 1. The van der Waals surface area contributed by atoms with Gasteiger partial charge in [0.1, 0.15) is 11.6 Å². The lowest BCUT2D eigenvalue weighted by Gasteiger charge is -2.08. The second-order valence-corrected chi connectivity index (χ2v) is 3.75. The van der Waals surface area contributed by atoms with E-state index in [2.05, 4.69) is 16.9 Å². The van der Waals surface area contributed by atoms with Gasteiger partial charge in [0.15, 0.2) is 0 Å². The highest BCUT2D eigenvalue weighted by Crippen LogP contribution is 2.25. The van der Waals surface area contributed by atoms with Gasteiger partial charge in [0.2, 0.25) is 0 Å². The molecule has 0 unspecified atom stereocenters. The zero-order valence-electron chi connectivity index (χ0n) is 9.94. The van der Waals surface area contributed by atoms with Crippen LogP contribution < -0.4 is 10.1 Å². The molecule has 0 radical (unpaired) electrons. The molecule has 1 aromatic heterocycles. The van der Waals surface area contributed by atoms with Crippen LogP contribution in [0.15, 0.2) is 43.1 Å².